The van der Waals surface area contributed by atoms with Crippen LogP contribution in [0.2, 0.25) is 0 Å². The molecule has 29 heavy (non-hydrogen) atoms. The lowest BCUT2D eigenvalue weighted by atomic mass is 9.97. The van der Waals surface area contributed by atoms with Crippen LogP contribution in [-0.4, -0.2) is 54.0 Å². The maximum absolute atomic E-state index is 10.3. The Morgan fingerprint density at radius 2 is 1.86 bits per heavy atom. The van der Waals surface area contributed by atoms with Crippen LogP contribution in [0.1, 0.15) is 11.1 Å². The highest BCUT2D eigenvalue weighted by atomic mass is 32.2. The van der Waals surface area contributed by atoms with Crippen LogP contribution in [0.25, 0.3) is 11.1 Å². The minimum atomic E-state index is -0.938. The lowest BCUT2D eigenvalue weighted by Crippen LogP contribution is -2.51. The predicted octanol–water partition coefficient (Wildman–Crippen LogP) is 1.71. The third-order valence-electron chi connectivity index (χ3n) is 4.69. The highest BCUT2D eigenvalue weighted by Crippen LogP contribution is 2.37. The van der Waals surface area contributed by atoms with Crippen LogP contribution < -0.4 is 10.5 Å². The summed E-state index contributed by atoms with van der Waals surface area (Å²) < 4.78 is 15.9. The van der Waals surface area contributed by atoms with Gasteiger partial charge in [0.2, 0.25) is 0 Å². The Morgan fingerprint density at radius 3 is 2.38 bits per heavy atom. The molecule has 8 nitrogen and oxygen atoms in total. The molecule has 0 aliphatic carbocycles. The number of ether oxygens (including phenoxy) is 3. The van der Waals surface area contributed by atoms with Crippen LogP contribution in [0.4, 0.5) is 5.82 Å². The van der Waals surface area contributed by atoms with E-state index in [0.29, 0.717) is 40.9 Å². The average Bonchev–Trinajstić information content (AvgIpc) is 2.67. The molecule has 2 aliphatic rings. The molecule has 9 heteroatoms. The summed E-state index contributed by atoms with van der Waals surface area (Å²) in [5.41, 5.74) is 6.58. The molecule has 0 amide bonds. The fourth-order valence-corrected chi connectivity index (χ4v) is 4.02. The van der Waals surface area contributed by atoms with Crippen molar-refractivity contribution in [1.29, 1.82) is 10.5 Å². The zero-order chi connectivity index (χ0) is 20.4. The second kappa shape index (κ2) is 7.90. The van der Waals surface area contributed by atoms with Gasteiger partial charge in [0, 0.05) is 11.3 Å². The molecular formula is C20H18N4O4S. The summed E-state index contributed by atoms with van der Waals surface area (Å²) in [5, 5.41) is 30.1. The van der Waals surface area contributed by atoms with Crippen LogP contribution in [0, 0.1) is 22.7 Å². The van der Waals surface area contributed by atoms with E-state index in [0.717, 1.165) is 0 Å². The number of aromatic nitrogens is 1. The van der Waals surface area contributed by atoms with Gasteiger partial charge >= 0.3 is 0 Å². The highest BCUT2D eigenvalue weighted by Gasteiger charge is 2.36. The molecule has 1 aromatic carbocycles. The van der Waals surface area contributed by atoms with Crippen LogP contribution in [0.5, 0.6) is 5.75 Å². The third-order valence-corrected chi connectivity index (χ3v) is 5.94. The minimum absolute atomic E-state index is 0.0473. The first kappa shape index (κ1) is 19.5. The topological polar surface area (TPSA) is 134 Å². The van der Waals surface area contributed by atoms with E-state index in [-0.39, 0.29) is 36.3 Å². The minimum Gasteiger partial charge on any atom is -0.486 e. The van der Waals surface area contributed by atoms with Gasteiger partial charge < -0.3 is 25.1 Å². The molecule has 0 unspecified atom stereocenters. The first-order chi connectivity index (χ1) is 14.0. The van der Waals surface area contributed by atoms with Crippen molar-refractivity contribution in [2.24, 2.45) is 0 Å². The molecular weight excluding hydrogens is 392 g/mol. The molecule has 2 aliphatic heterocycles. The first-order valence-corrected chi connectivity index (χ1v) is 9.93. The molecule has 148 valence electrons. The normalized spacial score (nSPS) is 17.5. The number of thioether (sulfide) groups is 1. The number of hydrogen-bond donors (Lipinski definition) is 2. The van der Waals surface area contributed by atoms with E-state index in [9.17, 15) is 15.6 Å². The summed E-state index contributed by atoms with van der Waals surface area (Å²) >= 11 is 1.23. The van der Waals surface area contributed by atoms with Gasteiger partial charge in [-0.2, -0.15) is 10.5 Å². The summed E-state index contributed by atoms with van der Waals surface area (Å²) in [6, 6.07) is 11.4. The summed E-state index contributed by atoms with van der Waals surface area (Å²) in [6.45, 7) is 1.62. The van der Waals surface area contributed by atoms with E-state index < -0.39 is 5.60 Å². The lowest BCUT2D eigenvalue weighted by Gasteiger charge is -2.35. The van der Waals surface area contributed by atoms with Gasteiger partial charge in [0.05, 0.1) is 32.0 Å². The number of nitrogens with two attached hydrogens (primary N) is 1. The average molecular weight is 410 g/mol. The standard InChI is InChI=1S/C20H18N4O4S/c21-5-15-17(12-1-3-13(4-2-12)28-14-7-26-8-14)16(6-22)19(24-18(15)23)29-11-20(25)9-27-10-20/h1-4,14,25H,7-11H2,(H2,23,24). The van der Waals surface area contributed by atoms with E-state index >= 15 is 0 Å². The van der Waals surface area contributed by atoms with Gasteiger partial charge in [-0.15, -0.1) is 11.8 Å². The zero-order valence-corrected chi connectivity index (χ0v) is 16.2. The largest absolute Gasteiger partial charge is 0.486 e. The molecule has 2 aromatic rings. The van der Waals surface area contributed by atoms with Crippen molar-refractivity contribution in [2.45, 2.75) is 16.7 Å². The van der Waals surface area contributed by atoms with Crippen molar-refractivity contribution < 1.29 is 19.3 Å². The molecule has 4 rings (SSSR count). The van der Waals surface area contributed by atoms with Crippen molar-refractivity contribution >= 4 is 17.6 Å². The van der Waals surface area contributed by atoms with Crippen LogP contribution in [0.15, 0.2) is 29.3 Å². The number of nitriles is 2. The van der Waals surface area contributed by atoms with E-state index in [1.807, 2.05) is 0 Å². The molecule has 0 bridgehead atoms. The fourth-order valence-electron chi connectivity index (χ4n) is 2.99. The zero-order valence-electron chi connectivity index (χ0n) is 15.4. The Balaban J connectivity index is 1.68. The second-order valence-electron chi connectivity index (χ2n) is 6.96. The highest BCUT2D eigenvalue weighted by molar-refractivity contribution is 7.99. The summed E-state index contributed by atoms with van der Waals surface area (Å²) in [5.74, 6) is 1.05. The van der Waals surface area contributed by atoms with Crippen LogP contribution in [0.3, 0.4) is 0 Å². The number of benzene rings is 1. The van der Waals surface area contributed by atoms with Crippen molar-refractivity contribution in [3.8, 4) is 29.0 Å². The molecule has 1 aromatic heterocycles. The number of rotatable bonds is 6. The monoisotopic (exact) mass is 410 g/mol. The van der Waals surface area contributed by atoms with Crippen LogP contribution in [-0.2, 0) is 9.47 Å². The fraction of sp³-hybridized carbons (Fsp3) is 0.350. The quantitative estimate of drug-likeness (QED) is 0.682. The van der Waals surface area contributed by atoms with Gasteiger partial charge in [-0.05, 0) is 17.7 Å². The summed E-state index contributed by atoms with van der Waals surface area (Å²) in [6.07, 6.45) is 0.0473. The third kappa shape index (κ3) is 3.86. The molecule has 0 radical (unpaired) electrons. The predicted molar refractivity (Wildman–Crippen MR) is 105 cm³/mol. The molecule has 2 fully saturated rings. The van der Waals surface area contributed by atoms with E-state index in [2.05, 4.69) is 17.1 Å². The molecule has 0 atom stereocenters. The van der Waals surface area contributed by atoms with Gasteiger partial charge in [-0.3, -0.25) is 0 Å². The van der Waals surface area contributed by atoms with Gasteiger partial charge in [-0.25, -0.2) is 4.98 Å². The number of nitrogen functional groups attached to an aromatic ring is 1. The lowest BCUT2D eigenvalue weighted by molar-refractivity contribution is -0.162. The Kier molecular flexibility index (Phi) is 5.31. The van der Waals surface area contributed by atoms with Gasteiger partial charge in [0.25, 0.3) is 0 Å². The van der Waals surface area contributed by atoms with Crippen molar-refractivity contribution in [3.05, 3.63) is 35.4 Å². The van der Waals surface area contributed by atoms with E-state index in [1.54, 1.807) is 24.3 Å². The number of pyridine rings is 1. The SMILES string of the molecule is N#Cc1c(N)nc(SCC2(O)COC2)c(C#N)c1-c1ccc(OC2COC2)cc1. The Labute approximate surface area is 171 Å². The molecule has 3 N–H and O–H groups in total. The van der Waals surface area contributed by atoms with Gasteiger partial charge in [0.1, 0.15) is 46.0 Å². The molecule has 0 saturated carbocycles. The van der Waals surface area contributed by atoms with Gasteiger partial charge in [0.15, 0.2) is 0 Å². The Morgan fingerprint density at radius 1 is 1.17 bits per heavy atom. The van der Waals surface area contributed by atoms with Gasteiger partial charge in [-0.1, -0.05) is 12.1 Å². The smallest absolute Gasteiger partial charge is 0.145 e. The second-order valence-corrected chi connectivity index (χ2v) is 7.92. The first-order valence-electron chi connectivity index (χ1n) is 8.94. The van der Waals surface area contributed by atoms with Crippen molar-refractivity contribution in [3.63, 3.8) is 0 Å². The molecule has 3 heterocycles. The molecule has 2 saturated heterocycles. The Bertz CT molecular complexity index is 1010. The summed E-state index contributed by atoms with van der Waals surface area (Å²) in [7, 11) is 0. The van der Waals surface area contributed by atoms with E-state index in [1.165, 1.54) is 11.8 Å². The number of nitrogens with zero attached hydrogens (tertiary/aromatic N) is 3. The van der Waals surface area contributed by atoms with E-state index in [4.69, 9.17) is 19.9 Å². The van der Waals surface area contributed by atoms with Crippen LogP contribution >= 0.6 is 11.8 Å². The maximum atomic E-state index is 10.3. The number of hydrogen-bond acceptors (Lipinski definition) is 9. The Hall–Kier alpha value is -2.82. The van der Waals surface area contributed by atoms with Crippen molar-refractivity contribution in [1.82, 2.24) is 4.98 Å². The summed E-state index contributed by atoms with van der Waals surface area (Å²) in [4.78, 5) is 4.24. The number of anilines is 1. The molecule has 0 spiro atoms. The van der Waals surface area contributed by atoms with Crippen molar-refractivity contribution in [2.75, 3.05) is 37.9 Å². The maximum Gasteiger partial charge on any atom is 0.145 e. The number of aliphatic hydroxyl groups is 1.